The predicted octanol–water partition coefficient (Wildman–Crippen LogP) is 6.02. The van der Waals surface area contributed by atoms with Crippen LogP contribution < -0.4 is 0 Å². The summed E-state index contributed by atoms with van der Waals surface area (Å²) in [6.45, 7) is 14.9. The molecule has 5 rings (SSSR count). The van der Waals surface area contributed by atoms with Crippen molar-refractivity contribution < 1.29 is 57.1 Å². The lowest BCUT2D eigenvalue weighted by molar-refractivity contribution is -0.161. The molecule has 5 heterocycles. The van der Waals surface area contributed by atoms with Gasteiger partial charge in [-0.05, 0) is 107 Å². The van der Waals surface area contributed by atoms with Crippen LogP contribution in [-0.4, -0.2) is 97.1 Å². The van der Waals surface area contributed by atoms with Crippen molar-refractivity contribution >= 4 is 23.9 Å². The maximum Gasteiger partial charge on any atom is 0.311 e. The molecule has 5 fully saturated rings. The Morgan fingerprint density at radius 3 is 0.712 bits per heavy atom. The van der Waals surface area contributed by atoms with E-state index in [1.165, 1.54) is 0 Å². The molecule has 52 heavy (non-hydrogen) atoms. The highest BCUT2D eigenvalue weighted by Crippen LogP contribution is 2.34. The molecular formula is C40H64O12. The lowest BCUT2D eigenvalue weighted by atomic mass is 10.00. The van der Waals surface area contributed by atoms with Crippen molar-refractivity contribution in [1.29, 1.82) is 0 Å². The summed E-state index contributed by atoms with van der Waals surface area (Å²) in [5, 5.41) is 0. The van der Waals surface area contributed by atoms with Crippen LogP contribution in [0.1, 0.15) is 132 Å². The molecule has 296 valence electrons. The van der Waals surface area contributed by atoms with Gasteiger partial charge in [0.25, 0.3) is 0 Å². The van der Waals surface area contributed by atoms with Crippen molar-refractivity contribution in [2.45, 2.75) is 206 Å². The first-order valence-electron chi connectivity index (χ1n) is 20.1. The SMILES string of the molecule is C[C@@H]1C[C@@H]2CC[C@@H](O2)[C@@H](C)C(=O)O[C@@H](C)C[C@H]2CC[C@H](O2)[C@@H](C)C(=O)O[C@H](C)C[C@@H]2CC[C@@H](O2)[C@@H](C)C(=O)O[C@@H](C)C[C@H]2CC[C@H](O2)[C@H](C)C(=O)O1. The molecule has 12 nitrogen and oxygen atoms in total. The first kappa shape index (κ1) is 40.9. The van der Waals surface area contributed by atoms with Gasteiger partial charge < -0.3 is 37.9 Å². The molecule has 0 aromatic carbocycles. The van der Waals surface area contributed by atoms with Gasteiger partial charge in [-0.15, -0.1) is 0 Å². The highest BCUT2D eigenvalue weighted by atomic mass is 16.6. The van der Waals surface area contributed by atoms with Crippen molar-refractivity contribution in [2.24, 2.45) is 23.7 Å². The number of ether oxygens (including phenoxy) is 8. The van der Waals surface area contributed by atoms with Crippen LogP contribution in [0.5, 0.6) is 0 Å². The van der Waals surface area contributed by atoms with Gasteiger partial charge in [-0.2, -0.15) is 0 Å². The third kappa shape index (κ3) is 10.9. The number of carbonyl (C=O) groups is 4. The van der Waals surface area contributed by atoms with E-state index in [4.69, 9.17) is 37.9 Å². The van der Waals surface area contributed by atoms with Crippen molar-refractivity contribution in [1.82, 2.24) is 0 Å². The van der Waals surface area contributed by atoms with Gasteiger partial charge in [-0.1, -0.05) is 0 Å². The van der Waals surface area contributed by atoms with E-state index in [0.29, 0.717) is 25.7 Å². The molecule has 0 aliphatic carbocycles. The minimum absolute atomic E-state index is 0.119. The maximum atomic E-state index is 13.1. The van der Waals surface area contributed by atoms with Crippen LogP contribution in [0.3, 0.4) is 0 Å². The summed E-state index contributed by atoms with van der Waals surface area (Å²) in [7, 11) is 0. The molecule has 0 spiro atoms. The highest BCUT2D eigenvalue weighted by Gasteiger charge is 2.41. The molecule has 0 aromatic rings. The monoisotopic (exact) mass is 736 g/mol. The number of carbonyl (C=O) groups excluding carboxylic acids is 4. The van der Waals surface area contributed by atoms with Gasteiger partial charge in [0.05, 0.1) is 72.5 Å². The third-order valence-corrected chi connectivity index (χ3v) is 11.9. The second-order valence-corrected chi connectivity index (χ2v) is 16.6. The van der Waals surface area contributed by atoms with Gasteiger partial charge in [0.1, 0.15) is 24.4 Å². The van der Waals surface area contributed by atoms with E-state index < -0.39 is 23.7 Å². The number of hydrogen-bond donors (Lipinski definition) is 0. The Morgan fingerprint density at radius 2 is 0.519 bits per heavy atom. The zero-order valence-electron chi connectivity index (χ0n) is 32.6. The summed E-state index contributed by atoms with van der Waals surface area (Å²) in [6, 6.07) is 0. The van der Waals surface area contributed by atoms with Crippen LogP contribution in [0.2, 0.25) is 0 Å². The van der Waals surface area contributed by atoms with Crippen molar-refractivity contribution in [3.05, 3.63) is 0 Å². The van der Waals surface area contributed by atoms with Gasteiger partial charge in [0, 0.05) is 25.7 Å². The third-order valence-electron chi connectivity index (χ3n) is 11.9. The average molecular weight is 737 g/mol. The fraction of sp³-hybridized carbons (Fsp3) is 0.900. The van der Waals surface area contributed by atoms with E-state index in [1.54, 1.807) is 0 Å². The van der Waals surface area contributed by atoms with Crippen molar-refractivity contribution in [3.8, 4) is 0 Å². The maximum absolute atomic E-state index is 13.1. The van der Waals surface area contributed by atoms with Crippen LogP contribution in [0.25, 0.3) is 0 Å². The van der Waals surface area contributed by atoms with E-state index >= 15 is 0 Å². The Bertz CT molecular complexity index is 1040. The second kappa shape index (κ2) is 18.4. The Morgan fingerprint density at radius 1 is 0.327 bits per heavy atom. The Hall–Kier alpha value is -2.28. The number of cyclic esters (lactones) is 4. The van der Waals surface area contributed by atoms with Crippen LogP contribution in [0.4, 0.5) is 0 Å². The largest absolute Gasteiger partial charge is 0.462 e. The van der Waals surface area contributed by atoms with Gasteiger partial charge in [-0.3, -0.25) is 19.2 Å². The molecule has 8 bridgehead atoms. The molecule has 5 saturated heterocycles. The van der Waals surface area contributed by atoms with Crippen LogP contribution in [-0.2, 0) is 57.1 Å². The van der Waals surface area contributed by atoms with Crippen LogP contribution >= 0.6 is 0 Å². The molecule has 0 amide bonds. The van der Waals surface area contributed by atoms with Crippen molar-refractivity contribution in [2.75, 3.05) is 0 Å². The van der Waals surface area contributed by atoms with Gasteiger partial charge in [0.2, 0.25) is 0 Å². The van der Waals surface area contributed by atoms with Gasteiger partial charge in [0.15, 0.2) is 0 Å². The fourth-order valence-electron chi connectivity index (χ4n) is 8.60. The van der Waals surface area contributed by atoms with Crippen LogP contribution in [0, 0.1) is 23.7 Å². The molecule has 5 aliphatic rings. The van der Waals surface area contributed by atoms with E-state index in [-0.39, 0.29) is 97.1 Å². The van der Waals surface area contributed by atoms with E-state index in [2.05, 4.69) is 0 Å². The molecule has 0 saturated carbocycles. The number of rotatable bonds is 0. The van der Waals surface area contributed by atoms with Gasteiger partial charge in [-0.25, -0.2) is 0 Å². The minimum Gasteiger partial charge on any atom is -0.462 e. The standard InChI is InChI=1S/C40H64O12/c1-21-17-29-9-13-34(49-29)26(6)38(42)46-23(3)19-31-11-15-36(51-31)28(8)40(44)48-24(4)20-32-12-16-35(52-32)27(7)39(43)47-22(2)18-30-10-14-33(50-30)25(5)37(41)45-21/h21-36H,9-20H2,1-8H3/t21-,22+,23+,24-,25-,26-,27-,28+,29+,30-,31-,32+,33+,34-,35-,36+/m1/s1. The summed E-state index contributed by atoms with van der Waals surface area (Å²) in [6.07, 6.45) is 5.22. The van der Waals surface area contributed by atoms with E-state index in [9.17, 15) is 19.2 Å². The molecule has 5 aliphatic heterocycles. The lowest BCUT2D eigenvalue weighted by Gasteiger charge is -2.26. The van der Waals surface area contributed by atoms with Crippen molar-refractivity contribution in [3.63, 3.8) is 0 Å². The smallest absolute Gasteiger partial charge is 0.311 e. The first-order valence-corrected chi connectivity index (χ1v) is 20.1. The number of esters is 4. The first-order chi connectivity index (χ1) is 24.7. The topological polar surface area (TPSA) is 142 Å². The van der Waals surface area contributed by atoms with E-state index in [1.807, 2.05) is 55.4 Å². The van der Waals surface area contributed by atoms with E-state index in [0.717, 1.165) is 51.4 Å². The zero-order valence-corrected chi connectivity index (χ0v) is 32.6. The molecule has 0 aromatic heterocycles. The summed E-state index contributed by atoms with van der Waals surface area (Å²) >= 11 is 0. The minimum atomic E-state index is -0.434. The van der Waals surface area contributed by atoms with Crippen LogP contribution in [0.15, 0.2) is 0 Å². The quantitative estimate of drug-likeness (QED) is 0.212. The van der Waals surface area contributed by atoms with Gasteiger partial charge >= 0.3 is 23.9 Å². The molecule has 16 atom stereocenters. The Balaban J connectivity index is 1.19. The molecule has 12 heteroatoms. The summed E-state index contributed by atoms with van der Waals surface area (Å²) in [5.41, 5.74) is 0. The number of hydrogen-bond acceptors (Lipinski definition) is 12. The molecule has 0 N–H and O–H groups in total. The normalized spacial score (nSPS) is 45.2. The highest BCUT2D eigenvalue weighted by molar-refractivity contribution is 5.74. The molecule has 0 radical (unpaired) electrons. The summed E-state index contributed by atoms with van der Waals surface area (Å²) in [4.78, 5) is 52.4. The Kier molecular flexibility index (Phi) is 14.4. The fourth-order valence-corrected chi connectivity index (χ4v) is 8.60. The molecular weight excluding hydrogens is 672 g/mol. The summed E-state index contributed by atoms with van der Waals surface area (Å²) in [5.74, 6) is -2.93. The second-order valence-electron chi connectivity index (χ2n) is 16.6. The lowest BCUT2D eigenvalue weighted by Crippen LogP contribution is -2.34. The molecule has 0 unspecified atom stereocenters. The predicted molar refractivity (Wildman–Crippen MR) is 189 cm³/mol. The summed E-state index contributed by atoms with van der Waals surface area (Å²) < 4.78 is 48.4. The average Bonchev–Trinajstić information content (AvgIpc) is 3.91. The Labute approximate surface area is 309 Å². The zero-order chi connectivity index (χ0) is 37.7. The number of fused-ring (bicyclic) bond motifs is 8.